The minimum atomic E-state index is 0.360. The molecular formula is C14H20O2. The zero-order chi connectivity index (χ0) is 11.5. The highest BCUT2D eigenvalue weighted by Crippen LogP contribution is 2.37. The summed E-state index contributed by atoms with van der Waals surface area (Å²) in [6.45, 7) is 7.16. The van der Waals surface area contributed by atoms with Gasteiger partial charge in [-0.25, -0.2) is 0 Å². The molecule has 0 unspecified atom stereocenters. The molecule has 0 aromatic heterocycles. The molecule has 2 heteroatoms. The van der Waals surface area contributed by atoms with Crippen molar-refractivity contribution in [2.24, 2.45) is 5.92 Å². The molecule has 2 nitrogen and oxygen atoms in total. The van der Waals surface area contributed by atoms with Crippen LogP contribution >= 0.6 is 0 Å². The summed E-state index contributed by atoms with van der Waals surface area (Å²) >= 11 is 0. The fraction of sp³-hybridized carbons (Fsp3) is 0.571. The van der Waals surface area contributed by atoms with Gasteiger partial charge in [0.25, 0.3) is 0 Å². The van der Waals surface area contributed by atoms with Crippen LogP contribution in [-0.4, -0.2) is 6.79 Å². The zero-order valence-corrected chi connectivity index (χ0v) is 10.3. The highest BCUT2D eigenvalue weighted by Gasteiger charge is 2.19. The standard InChI is InChI=1S/C14H20O2/c1-4-5-12(10(2)3)11-6-7-13-14(8-11)16-9-15-13/h6-8,10,12H,4-5,9H2,1-3H3/t12-/m0/s1. The Hall–Kier alpha value is -1.18. The molecule has 88 valence electrons. The molecule has 1 aromatic rings. The van der Waals surface area contributed by atoms with Crippen molar-refractivity contribution in [2.45, 2.75) is 39.5 Å². The lowest BCUT2D eigenvalue weighted by Gasteiger charge is -2.20. The van der Waals surface area contributed by atoms with Crippen LogP contribution in [0.4, 0.5) is 0 Å². The lowest BCUT2D eigenvalue weighted by molar-refractivity contribution is 0.174. The second-order valence-corrected chi connectivity index (χ2v) is 4.75. The van der Waals surface area contributed by atoms with Crippen molar-refractivity contribution in [1.29, 1.82) is 0 Å². The summed E-state index contributed by atoms with van der Waals surface area (Å²) in [6.07, 6.45) is 2.45. The minimum absolute atomic E-state index is 0.360. The molecule has 1 aromatic carbocycles. The third kappa shape index (κ3) is 2.16. The Kier molecular flexibility index (Phi) is 3.37. The smallest absolute Gasteiger partial charge is 0.231 e. The molecule has 0 bridgehead atoms. The van der Waals surface area contributed by atoms with Gasteiger partial charge in [-0.05, 0) is 36.0 Å². The molecule has 0 aliphatic carbocycles. The second kappa shape index (κ2) is 4.77. The van der Waals surface area contributed by atoms with E-state index in [1.165, 1.54) is 18.4 Å². The van der Waals surface area contributed by atoms with Crippen LogP contribution in [0.1, 0.15) is 45.1 Å². The number of hydrogen-bond acceptors (Lipinski definition) is 2. The first-order chi connectivity index (χ1) is 7.72. The van der Waals surface area contributed by atoms with Crippen LogP contribution in [0, 0.1) is 5.92 Å². The normalized spacial score (nSPS) is 15.5. The van der Waals surface area contributed by atoms with Crippen molar-refractivity contribution in [1.82, 2.24) is 0 Å². The molecule has 16 heavy (non-hydrogen) atoms. The van der Waals surface area contributed by atoms with Gasteiger partial charge in [-0.3, -0.25) is 0 Å². The maximum Gasteiger partial charge on any atom is 0.231 e. The van der Waals surface area contributed by atoms with Gasteiger partial charge in [-0.1, -0.05) is 33.3 Å². The highest BCUT2D eigenvalue weighted by atomic mass is 16.7. The number of ether oxygens (including phenoxy) is 2. The Morgan fingerprint density at radius 3 is 2.62 bits per heavy atom. The lowest BCUT2D eigenvalue weighted by Crippen LogP contribution is -2.06. The second-order valence-electron chi connectivity index (χ2n) is 4.75. The van der Waals surface area contributed by atoms with E-state index in [0.717, 1.165) is 11.5 Å². The van der Waals surface area contributed by atoms with Gasteiger partial charge in [0.05, 0.1) is 0 Å². The van der Waals surface area contributed by atoms with Crippen molar-refractivity contribution in [3.05, 3.63) is 23.8 Å². The third-order valence-electron chi connectivity index (χ3n) is 3.23. The summed E-state index contributed by atoms with van der Waals surface area (Å²) in [5.74, 6) is 3.07. The van der Waals surface area contributed by atoms with E-state index in [0.29, 0.717) is 18.6 Å². The van der Waals surface area contributed by atoms with E-state index < -0.39 is 0 Å². The topological polar surface area (TPSA) is 18.5 Å². The summed E-state index contributed by atoms with van der Waals surface area (Å²) in [4.78, 5) is 0. The fourth-order valence-electron chi connectivity index (χ4n) is 2.34. The first kappa shape index (κ1) is 11.3. The van der Waals surface area contributed by atoms with Gasteiger partial charge in [0, 0.05) is 0 Å². The summed E-state index contributed by atoms with van der Waals surface area (Å²) in [7, 11) is 0. The van der Waals surface area contributed by atoms with Crippen molar-refractivity contribution < 1.29 is 9.47 Å². The number of fused-ring (bicyclic) bond motifs is 1. The van der Waals surface area contributed by atoms with Gasteiger partial charge in [0.15, 0.2) is 11.5 Å². The maximum atomic E-state index is 5.42. The molecule has 1 aliphatic rings. The molecule has 0 amide bonds. The van der Waals surface area contributed by atoms with Gasteiger partial charge >= 0.3 is 0 Å². The Morgan fingerprint density at radius 2 is 1.94 bits per heavy atom. The van der Waals surface area contributed by atoms with Crippen LogP contribution in [0.15, 0.2) is 18.2 Å². The minimum Gasteiger partial charge on any atom is -0.454 e. The molecule has 1 aliphatic heterocycles. The average Bonchev–Trinajstić information content (AvgIpc) is 2.72. The Bertz CT molecular complexity index is 358. The van der Waals surface area contributed by atoms with Crippen LogP contribution in [-0.2, 0) is 0 Å². The Morgan fingerprint density at radius 1 is 1.19 bits per heavy atom. The van der Waals surface area contributed by atoms with Crippen molar-refractivity contribution in [3.63, 3.8) is 0 Å². The Balaban J connectivity index is 2.24. The monoisotopic (exact) mass is 220 g/mol. The lowest BCUT2D eigenvalue weighted by atomic mass is 9.85. The van der Waals surface area contributed by atoms with Crippen LogP contribution in [0.25, 0.3) is 0 Å². The van der Waals surface area contributed by atoms with Gasteiger partial charge in [0.1, 0.15) is 0 Å². The zero-order valence-electron chi connectivity index (χ0n) is 10.3. The molecule has 1 atom stereocenters. The van der Waals surface area contributed by atoms with E-state index in [1.807, 2.05) is 6.07 Å². The molecule has 0 saturated carbocycles. The van der Waals surface area contributed by atoms with Gasteiger partial charge < -0.3 is 9.47 Å². The average molecular weight is 220 g/mol. The molecule has 0 saturated heterocycles. The quantitative estimate of drug-likeness (QED) is 0.764. The summed E-state index contributed by atoms with van der Waals surface area (Å²) in [5, 5.41) is 0. The summed E-state index contributed by atoms with van der Waals surface area (Å²) < 4.78 is 10.8. The van der Waals surface area contributed by atoms with Crippen LogP contribution in [0.2, 0.25) is 0 Å². The van der Waals surface area contributed by atoms with Crippen molar-refractivity contribution in [3.8, 4) is 11.5 Å². The number of rotatable bonds is 4. The molecule has 0 N–H and O–H groups in total. The van der Waals surface area contributed by atoms with Crippen LogP contribution in [0.5, 0.6) is 11.5 Å². The largest absolute Gasteiger partial charge is 0.454 e. The summed E-state index contributed by atoms with van der Waals surface area (Å²) in [6, 6.07) is 6.35. The molecule has 2 rings (SSSR count). The van der Waals surface area contributed by atoms with E-state index in [1.54, 1.807) is 0 Å². The van der Waals surface area contributed by atoms with E-state index >= 15 is 0 Å². The predicted molar refractivity (Wildman–Crippen MR) is 65.1 cm³/mol. The Labute approximate surface area is 97.6 Å². The number of hydrogen-bond donors (Lipinski definition) is 0. The molecule has 0 fully saturated rings. The van der Waals surface area contributed by atoms with Crippen molar-refractivity contribution >= 4 is 0 Å². The third-order valence-corrected chi connectivity index (χ3v) is 3.23. The van der Waals surface area contributed by atoms with Gasteiger partial charge in [-0.15, -0.1) is 0 Å². The predicted octanol–water partition coefficient (Wildman–Crippen LogP) is 3.96. The van der Waals surface area contributed by atoms with E-state index in [4.69, 9.17) is 9.47 Å². The van der Waals surface area contributed by atoms with E-state index in [-0.39, 0.29) is 0 Å². The molecule has 0 spiro atoms. The van der Waals surface area contributed by atoms with Crippen LogP contribution < -0.4 is 9.47 Å². The summed E-state index contributed by atoms with van der Waals surface area (Å²) in [5.41, 5.74) is 1.38. The molecular weight excluding hydrogens is 200 g/mol. The molecule has 1 heterocycles. The SMILES string of the molecule is CCC[C@H](c1ccc2c(c1)OCO2)C(C)C. The molecule has 0 radical (unpaired) electrons. The fourth-order valence-corrected chi connectivity index (χ4v) is 2.34. The van der Waals surface area contributed by atoms with Crippen molar-refractivity contribution in [2.75, 3.05) is 6.79 Å². The maximum absolute atomic E-state index is 5.42. The van der Waals surface area contributed by atoms with E-state index in [9.17, 15) is 0 Å². The highest BCUT2D eigenvalue weighted by molar-refractivity contribution is 5.45. The van der Waals surface area contributed by atoms with Crippen LogP contribution in [0.3, 0.4) is 0 Å². The van der Waals surface area contributed by atoms with E-state index in [2.05, 4.69) is 32.9 Å². The van der Waals surface area contributed by atoms with Gasteiger partial charge in [-0.2, -0.15) is 0 Å². The number of benzene rings is 1. The first-order valence-corrected chi connectivity index (χ1v) is 6.12. The first-order valence-electron chi connectivity index (χ1n) is 6.12. The van der Waals surface area contributed by atoms with Gasteiger partial charge in [0.2, 0.25) is 6.79 Å².